The molecular weight excluding hydrogens is 300 g/mol. The van der Waals surface area contributed by atoms with Gasteiger partial charge in [-0.1, -0.05) is 12.1 Å². The summed E-state index contributed by atoms with van der Waals surface area (Å²) in [5.41, 5.74) is 1.93. The summed E-state index contributed by atoms with van der Waals surface area (Å²) >= 11 is 1.57. The van der Waals surface area contributed by atoms with E-state index in [1.807, 2.05) is 13.8 Å². The number of carboxylic acids is 1. The molecular formula is C16H16N2O3S. The number of benzene rings is 1. The van der Waals surface area contributed by atoms with E-state index in [9.17, 15) is 9.59 Å². The monoisotopic (exact) mass is 316 g/mol. The molecule has 1 aromatic carbocycles. The number of carbonyl (C=O) groups excluding carboxylic acids is 1. The number of hydrogen-bond donors (Lipinski definition) is 2. The first-order valence-electron chi connectivity index (χ1n) is 6.68. The molecule has 0 radical (unpaired) electrons. The summed E-state index contributed by atoms with van der Waals surface area (Å²) in [5, 5.41) is 12.6. The molecule has 2 aromatic rings. The van der Waals surface area contributed by atoms with Crippen molar-refractivity contribution in [3.8, 4) is 0 Å². The normalized spacial score (nSPS) is 10.8. The molecule has 5 nitrogen and oxygen atoms in total. The molecule has 0 aliphatic rings. The van der Waals surface area contributed by atoms with Crippen molar-refractivity contribution in [1.82, 2.24) is 10.3 Å². The van der Waals surface area contributed by atoms with Crippen molar-refractivity contribution in [2.24, 2.45) is 0 Å². The van der Waals surface area contributed by atoms with Crippen molar-refractivity contribution in [2.75, 3.05) is 0 Å². The second-order valence-electron chi connectivity index (χ2n) is 4.72. The molecule has 22 heavy (non-hydrogen) atoms. The molecule has 0 atom stereocenters. The van der Waals surface area contributed by atoms with Crippen LogP contribution >= 0.6 is 11.3 Å². The van der Waals surface area contributed by atoms with E-state index >= 15 is 0 Å². The van der Waals surface area contributed by atoms with Crippen LogP contribution in [0.1, 0.15) is 31.5 Å². The van der Waals surface area contributed by atoms with Gasteiger partial charge in [0.05, 0.1) is 22.8 Å². The van der Waals surface area contributed by atoms with Crippen LogP contribution in [-0.2, 0) is 11.3 Å². The molecule has 2 rings (SSSR count). The van der Waals surface area contributed by atoms with Gasteiger partial charge in [0, 0.05) is 11.0 Å². The van der Waals surface area contributed by atoms with E-state index in [-0.39, 0.29) is 11.5 Å². The van der Waals surface area contributed by atoms with Crippen LogP contribution in [0.15, 0.2) is 30.3 Å². The Morgan fingerprint density at radius 1 is 1.27 bits per heavy atom. The van der Waals surface area contributed by atoms with Crippen molar-refractivity contribution >= 4 is 29.3 Å². The minimum absolute atomic E-state index is 0.201. The highest BCUT2D eigenvalue weighted by molar-refractivity contribution is 7.11. The molecule has 1 aromatic heterocycles. The van der Waals surface area contributed by atoms with Crippen molar-refractivity contribution in [2.45, 2.75) is 20.4 Å². The van der Waals surface area contributed by atoms with Crippen molar-refractivity contribution < 1.29 is 14.7 Å². The fourth-order valence-electron chi connectivity index (χ4n) is 1.87. The Morgan fingerprint density at radius 2 is 1.95 bits per heavy atom. The van der Waals surface area contributed by atoms with Gasteiger partial charge in [-0.3, -0.25) is 4.79 Å². The number of carboxylic acid groups (broad SMARTS) is 1. The predicted molar refractivity (Wildman–Crippen MR) is 85.9 cm³/mol. The molecule has 1 amide bonds. The van der Waals surface area contributed by atoms with Gasteiger partial charge >= 0.3 is 5.97 Å². The van der Waals surface area contributed by atoms with Crippen molar-refractivity contribution in [3.05, 3.63) is 57.0 Å². The van der Waals surface area contributed by atoms with Gasteiger partial charge in [-0.05, 0) is 37.6 Å². The van der Waals surface area contributed by atoms with E-state index < -0.39 is 5.97 Å². The van der Waals surface area contributed by atoms with Crippen LogP contribution < -0.4 is 5.32 Å². The Kier molecular flexibility index (Phi) is 5.06. The molecule has 0 spiro atoms. The number of nitrogens with zero attached hydrogens (tertiary/aromatic N) is 1. The number of aryl methyl sites for hydroxylation is 2. The van der Waals surface area contributed by atoms with Crippen molar-refractivity contribution in [1.29, 1.82) is 0 Å². The minimum Gasteiger partial charge on any atom is -0.478 e. The van der Waals surface area contributed by atoms with Gasteiger partial charge in [0.25, 0.3) is 0 Å². The van der Waals surface area contributed by atoms with Crippen LogP contribution in [0.2, 0.25) is 0 Å². The van der Waals surface area contributed by atoms with Crippen LogP contribution in [-0.4, -0.2) is 22.0 Å². The summed E-state index contributed by atoms with van der Waals surface area (Å²) in [4.78, 5) is 27.9. The average Bonchev–Trinajstić information content (AvgIpc) is 2.81. The molecule has 0 aliphatic heterocycles. The van der Waals surface area contributed by atoms with Crippen LogP contribution in [0, 0.1) is 13.8 Å². The Balaban J connectivity index is 1.91. The standard InChI is InChI=1S/C16H16N2O3S/c1-10-14(22-11(2)18-10)9-17-15(19)8-5-12-3-6-13(7-4-12)16(20)21/h3-8H,9H2,1-2H3,(H,17,19)(H,20,21). The number of nitrogens with one attached hydrogen (secondary N) is 1. The lowest BCUT2D eigenvalue weighted by Crippen LogP contribution is -2.20. The largest absolute Gasteiger partial charge is 0.478 e. The topological polar surface area (TPSA) is 79.3 Å². The van der Waals surface area contributed by atoms with Gasteiger partial charge in [-0.25, -0.2) is 9.78 Å². The molecule has 0 aliphatic carbocycles. The Bertz CT molecular complexity index is 717. The van der Waals surface area contributed by atoms with E-state index in [1.54, 1.807) is 29.5 Å². The van der Waals surface area contributed by atoms with Gasteiger partial charge in [0.2, 0.25) is 5.91 Å². The van der Waals surface area contributed by atoms with Gasteiger partial charge in [-0.2, -0.15) is 0 Å². The first-order chi connectivity index (χ1) is 10.5. The molecule has 0 bridgehead atoms. The van der Waals surface area contributed by atoms with Gasteiger partial charge < -0.3 is 10.4 Å². The quantitative estimate of drug-likeness (QED) is 0.831. The number of aromatic carboxylic acids is 1. The molecule has 2 N–H and O–H groups in total. The van der Waals surface area contributed by atoms with Crippen LogP contribution in [0.3, 0.4) is 0 Å². The zero-order valence-corrected chi connectivity index (χ0v) is 13.1. The SMILES string of the molecule is Cc1nc(C)c(CNC(=O)C=Cc2ccc(C(=O)O)cc2)s1. The number of amides is 1. The third kappa shape index (κ3) is 4.26. The van der Waals surface area contributed by atoms with E-state index in [4.69, 9.17) is 5.11 Å². The lowest BCUT2D eigenvalue weighted by atomic mass is 10.1. The fourth-order valence-corrected chi connectivity index (χ4v) is 2.75. The molecule has 114 valence electrons. The predicted octanol–water partition coefficient (Wildman–Crippen LogP) is 2.79. The highest BCUT2D eigenvalue weighted by Crippen LogP contribution is 2.16. The lowest BCUT2D eigenvalue weighted by molar-refractivity contribution is -0.116. The first-order valence-corrected chi connectivity index (χ1v) is 7.49. The lowest BCUT2D eigenvalue weighted by Gasteiger charge is -2.00. The summed E-state index contributed by atoms with van der Waals surface area (Å²) in [6.45, 7) is 4.31. The summed E-state index contributed by atoms with van der Waals surface area (Å²) in [5.74, 6) is -1.17. The number of thiazole rings is 1. The van der Waals surface area contributed by atoms with Crippen LogP contribution in [0.4, 0.5) is 0 Å². The minimum atomic E-state index is -0.969. The van der Waals surface area contributed by atoms with Gasteiger partial charge in [0.15, 0.2) is 0 Å². The second kappa shape index (κ2) is 7.00. The summed E-state index contributed by atoms with van der Waals surface area (Å²) in [7, 11) is 0. The summed E-state index contributed by atoms with van der Waals surface area (Å²) in [6.07, 6.45) is 3.07. The van der Waals surface area contributed by atoms with Crippen LogP contribution in [0.25, 0.3) is 6.08 Å². The maximum atomic E-state index is 11.8. The molecule has 0 saturated carbocycles. The highest BCUT2D eigenvalue weighted by atomic mass is 32.1. The first kappa shape index (κ1) is 15.9. The fraction of sp³-hybridized carbons (Fsp3) is 0.188. The summed E-state index contributed by atoms with van der Waals surface area (Å²) < 4.78 is 0. The molecule has 0 saturated heterocycles. The molecule has 1 heterocycles. The number of aromatic nitrogens is 1. The number of rotatable bonds is 5. The number of hydrogen-bond acceptors (Lipinski definition) is 4. The third-order valence-electron chi connectivity index (χ3n) is 3.01. The van der Waals surface area contributed by atoms with Crippen molar-refractivity contribution in [3.63, 3.8) is 0 Å². The maximum Gasteiger partial charge on any atom is 0.335 e. The zero-order valence-electron chi connectivity index (χ0n) is 12.3. The van der Waals surface area contributed by atoms with E-state index in [2.05, 4.69) is 10.3 Å². The maximum absolute atomic E-state index is 11.8. The van der Waals surface area contributed by atoms with E-state index in [1.165, 1.54) is 18.2 Å². The second-order valence-corrected chi connectivity index (χ2v) is 6.01. The van der Waals surface area contributed by atoms with Crippen LogP contribution in [0.5, 0.6) is 0 Å². The summed E-state index contributed by atoms with van der Waals surface area (Å²) in [6, 6.07) is 6.32. The average molecular weight is 316 g/mol. The molecule has 0 unspecified atom stereocenters. The van der Waals surface area contributed by atoms with Gasteiger partial charge in [-0.15, -0.1) is 11.3 Å². The third-order valence-corrected chi connectivity index (χ3v) is 4.08. The Morgan fingerprint density at radius 3 is 2.50 bits per heavy atom. The molecule has 6 heteroatoms. The van der Waals surface area contributed by atoms with E-state index in [0.29, 0.717) is 6.54 Å². The Labute approximate surface area is 132 Å². The number of carbonyl (C=O) groups is 2. The molecule has 0 fully saturated rings. The smallest absolute Gasteiger partial charge is 0.335 e. The zero-order chi connectivity index (χ0) is 16.1. The Hall–Kier alpha value is -2.47. The highest BCUT2D eigenvalue weighted by Gasteiger charge is 2.05. The van der Waals surface area contributed by atoms with E-state index in [0.717, 1.165) is 21.1 Å². The van der Waals surface area contributed by atoms with Gasteiger partial charge in [0.1, 0.15) is 0 Å².